The molecule has 0 saturated heterocycles. The molecule has 0 aliphatic carbocycles. The highest BCUT2D eigenvalue weighted by Crippen LogP contribution is 2.13. The summed E-state index contributed by atoms with van der Waals surface area (Å²) in [6.07, 6.45) is 3.04. The largest absolute Gasteiger partial charge is 0.484 e. The molecule has 0 radical (unpaired) electrons. The third-order valence-corrected chi connectivity index (χ3v) is 4.18. The van der Waals surface area contributed by atoms with Gasteiger partial charge >= 0.3 is 0 Å². The molecule has 0 aromatic heterocycles. The number of ether oxygens (including phenoxy) is 1. The maximum atomic E-state index is 12.0. The van der Waals surface area contributed by atoms with Crippen molar-refractivity contribution in [3.63, 3.8) is 0 Å². The van der Waals surface area contributed by atoms with Crippen molar-refractivity contribution in [2.24, 2.45) is 5.73 Å². The second-order valence-corrected chi connectivity index (χ2v) is 6.24. The molecule has 0 aliphatic heterocycles. The molecule has 4 nitrogen and oxygen atoms in total. The van der Waals surface area contributed by atoms with E-state index in [2.05, 4.69) is 6.26 Å². The first-order valence-corrected chi connectivity index (χ1v) is 8.53. The van der Waals surface area contributed by atoms with Crippen molar-refractivity contribution >= 4 is 34.9 Å². The van der Waals surface area contributed by atoms with Crippen LogP contribution < -0.4 is 10.5 Å². The first-order valence-electron chi connectivity index (χ1n) is 6.73. The van der Waals surface area contributed by atoms with Crippen LogP contribution in [0.15, 0.2) is 24.3 Å². The highest BCUT2D eigenvalue weighted by molar-refractivity contribution is 7.98. The number of carbonyl (C=O) groups is 1. The van der Waals surface area contributed by atoms with E-state index in [1.807, 2.05) is 14.0 Å². The van der Waals surface area contributed by atoms with Crippen LogP contribution in [0.2, 0.25) is 0 Å². The molecule has 21 heavy (non-hydrogen) atoms. The number of rotatable bonds is 8. The fraction of sp³-hybridized carbons (Fsp3) is 0.467. The zero-order chi connectivity index (χ0) is 15.8. The second kappa shape index (κ2) is 8.89. The Morgan fingerprint density at radius 3 is 2.57 bits per heavy atom. The van der Waals surface area contributed by atoms with Gasteiger partial charge in [0.1, 0.15) is 10.7 Å². The smallest absolute Gasteiger partial charge is 0.260 e. The van der Waals surface area contributed by atoms with E-state index in [9.17, 15) is 4.79 Å². The predicted octanol–water partition coefficient (Wildman–Crippen LogP) is 2.30. The molecule has 0 fully saturated rings. The van der Waals surface area contributed by atoms with E-state index in [4.69, 9.17) is 22.7 Å². The molecule has 0 bridgehead atoms. The van der Waals surface area contributed by atoms with Crippen molar-refractivity contribution in [1.82, 2.24) is 4.90 Å². The van der Waals surface area contributed by atoms with Crippen LogP contribution in [0.5, 0.6) is 5.75 Å². The second-order valence-electron chi connectivity index (χ2n) is 4.81. The van der Waals surface area contributed by atoms with Gasteiger partial charge in [0.05, 0.1) is 0 Å². The fourth-order valence-corrected chi connectivity index (χ4v) is 2.40. The molecule has 6 heteroatoms. The highest BCUT2D eigenvalue weighted by Gasteiger charge is 2.15. The number of thioether (sulfide) groups is 1. The van der Waals surface area contributed by atoms with Gasteiger partial charge in [0.2, 0.25) is 0 Å². The van der Waals surface area contributed by atoms with Gasteiger partial charge < -0.3 is 15.4 Å². The van der Waals surface area contributed by atoms with E-state index in [1.54, 1.807) is 40.9 Å². The summed E-state index contributed by atoms with van der Waals surface area (Å²) in [5.41, 5.74) is 6.31. The van der Waals surface area contributed by atoms with Crippen LogP contribution in [-0.4, -0.2) is 47.5 Å². The van der Waals surface area contributed by atoms with Gasteiger partial charge in [-0.05, 0) is 49.6 Å². The van der Waals surface area contributed by atoms with Gasteiger partial charge in [-0.25, -0.2) is 0 Å². The molecule has 1 rings (SSSR count). The molecular formula is C15H22N2O2S2. The van der Waals surface area contributed by atoms with E-state index < -0.39 is 0 Å². The quantitative estimate of drug-likeness (QED) is 0.743. The lowest BCUT2D eigenvalue weighted by Crippen LogP contribution is -2.38. The van der Waals surface area contributed by atoms with Gasteiger partial charge in [-0.15, -0.1) is 0 Å². The Hall–Kier alpha value is -1.27. The summed E-state index contributed by atoms with van der Waals surface area (Å²) in [6, 6.07) is 7.31. The lowest BCUT2D eigenvalue weighted by Gasteiger charge is -2.24. The first kappa shape index (κ1) is 17.8. The number of amides is 1. The van der Waals surface area contributed by atoms with Gasteiger partial charge in [-0.1, -0.05) is 12.2 Å². The molecule has 2 N–H and O–H groups in total. The molecular weight excluding hydrogens is 304 g/mol. The maximum Gasteiger partial charge on any atom is 0.260 e. The van der Waals surface area contributed by atoms with Gasteiger partial charge in [-0.2, -0.15) is 11.8 Å². The lowest BCUT2D eigenvalue weighted by molar-refractivity contribution is -0.133. The number of nitrogens with zero attached hydrogens (tertiary/aromatic N) is 1. The summed E-state index contributed by atoms with van der Waals surface area (Å²) in [4.78, 5) is 14.1. The number of hydrogen-bond donors (Lipinski definition) is 1. The zero-order valence-electron chi connectivity index (χ0n) is 12.7. The summed E-state index contributed by atoms with van der Waals surface area (Å²) in [5.74, 6) is 1.65. The molecule has 1 amide bonds. The van der Waals surface area contributed by atoms with E-state index in [0.29, 0.717) is 10.7 Å². The monoisotopic (exact) mass is 326 g/mol. The lowest BCUT2D eigenvalue weighted by atomic mass is 10.2. The third-order valence-electron chi connectivity index (χ3n) is 3.30. The zero-order valence-corrected chi connectivity index (χ0v) is 14.3. The Bertz CT molecular complexity index is 477. The number of carbonyl (C=O) groups excluding carboxylic acids is 1. The summed E-state index contributed by atoms with van der Waals surface area (Å²) in [5, 5.41) is 0. The van der Waals surface area contributed by atoms with Crippen molar-refractivity contribution in [3.05, 3.63) is 29.8 Å². The van der Waals surface area contributed by atoms with Gasteiger partial charge in [0.25, 0.3) is 5.91 Å². The summed E-state index contributed by atoms with van der Waals surface area (Å²) in [7, 11) is 1.81. The average molecular weight is 326 g/mol. The van der Waals surface area contributed by atoms with Crippen LogP contribution in [0.3, 0.4) is 0 Å². The van der Waals surface area contributed by atoms with Crippen LogP contribution >= 0.6 is 24.0 Å². The third kappa shape index (κ3) is 5.93. The molecule has 116 valence electrons. The average Bonchev–Trinajstić information content (AvgIpc) is 2.49. The standard InChI is InChI=1S/C15H22N2O2S2/c1-11(8-9-21-3)17(2)14(18)10-19-13-6-4-12(5-7-13)15(16)20/h4-7,11H,8-10H2,1-3H3,(H2,16,20). The van der Waals surface area contributed by atoms with Crippen molar-refractivity contribution < 1.29 is 9.53 Å². The molecule has 0 saturated carbocycles. The molecule has 0 aliphatic rings. The Balaban J connectivity index is 2.46. The minimum absolute atomic E-state index is 0.0259. The number of hydrogen-bond acceptors (Lipinski definition) is 4. The minimum Gasteiger partial charge on any atom is -0.484 e. The Kier molecular flexibility index (Phi) is 7.53. The Morgan fingerprint density at radius 2 is 2.05 bits per heavy atom. The number of thiocarbonyl (C=S) groups is 1. The van der Waals surface area contributed by atoms with Crippen LogP contribution in [0.4, 0.5) is 0 Å². The van der Waals surface area contributed by atoms with Crippen molar-refractivity contribution in [1.29, 1.82) is 0 Å². The maximum absolute atomic E-state index is 12.0. The topological polar surface area (TPSA) is 55.6 Å². The van der Waals surface area contributed by atoms with E-state index in [0.717, 1.165) is 17.7 Å². The minimum atomic E-state index is -0.0259. The Labute approximate surface area is 136 Å². The van der Waals surface area contributed by atoms with Crippen LogP contribution in [0, 0.1) is 0 Å². The SMILES string of the molecule is CSCCC(C)N(C)C(=O)COc1ccc(C(N)=S)cc1. The van der Waals surface area contributed by atoms with Crippen molar-refractivity contribution in [3.8, 4) is 5.75 Å². The molecule has 0 spiro atoms. The Morgan fingerprint density at radius 1 is 1.43 bits per heavy atom. The van der Waals surface area contributed by atoms with Gasteiger partial charge in [-0.3, -0.25) is 4.79 Å². The molecule has 1 atom stereocenters. The van der Waals surface area contributed by atoms with Crippen LogP contribution in [-0.2, 0) is 4.79 Å². The number of likely N-dealkylation sites (N-methyl/N-ethyl adjacent to an activating group) is 1. The highest BCUT2D eigenvalue weighted by atomic mass is 32.2. The van der Waals surface area contributed by atoms with E-state index in [-0.39, 0.29) is 18.6 Å². The van der Waals surface area contributed by atoms with E-state index >= 15 is 0 Å². The van der Waals surface area contributed by atoms with Gasteiger partial charge in [0.15, 0.2) is 6.61 Å². The van der Waals surface area contributed by atoms with Crippen molar-refractivity contribution in [2.45, 2.75) is 19.4 Å². The van der Waals surface area contributed by atoms with Crippen LogP contribution in [0.1, 0.15) is 18.9 Å². The summed E-state index contributed by atoms with van der Waals surface area (Å²) >= 11 is 6.67. The van der Waals surface area contributed by atoms with Crippen LogP contribution in [0.25, 0.3) is 0 Å². The molecule has 1 aromatic carbocycles. The molecule has 1 unspecified atom stereocenters. The summed E-state index contributed by atoms with van der Waals surface area (Å²) < 4.78 is 5.50. The summed E-state index contributed by atoms with van der Waals surface area (Å²) in [6.45, 7) is 2.08. The predicted molar refractivity (Wildman–Crippen MR) is 93.1 cm³/mol. The van der Waals surface area contributed by atoms with Crippen molar-refractivity contribution in [2.75, 3.05) is 25.7 Å². The number of nitrogens with two attached hydrogens (primary N) is 1. The normalized spacial score (nSPS) is 11.8. The fourth-order valence-electron chi connectivity index (χ4n) is 1.69. The number of benzene rings is 1. The molecule has 0 heterocycles. The molecule has 1 aromatic rings. The first-order chi connectivity index (χ1) is 9.95. The van der Waals surface area contributed by atoms with Gasteiger partial charge in [0, 0.05) is 18.7 Å². The van der Waals surface area contributed by atoms with E-state index in [1.165, 1.54) is 0 Å².